The van der Waals surface area contributed by atoms with E-state index < -0.39 is 27.3 Å². The SMILES string of the molecule is CCC(C)C(NS(=O)(=O)C(C)C#N)C(=O)O. The number of hydrogen-bond donors (Lipinski definition) is 2. The van der Waals surface area contributed by atoms with Crippen LogP contribution >= 0.6 is 0 Å². The number of carboxylic acids is 1. The van der Waals surface area contributed by atoms with Crippen LogP contribution in [0.1, 0.15) is 27.2 Å². The molecule has 16 heavy (non-hydrogen) atoms. The number of carboxylic acid groups (broad SMARTS) is 1. The van der Waals surface area contributed by atoms with E-state index in [1.165, 1.54) is 6.92 Å². The summed E-state index contributed by atoms with van der Waals surface area (Å²) in [6.07, 6.45) is 0.528. The van der Waals surface area contributed by atoms with Crippen LogP contribution < -0.4 is 4.72 Å². The fourth-order valence-electron chi connectivity index (χ4n) is 0.994. The zero-order chi connectivity index (χ0) is 12.9. The van der Waals surface area contributed by atoms with Crippen LogP contribution in [0.4, 0.5) is 0 Å². The van der Waals surface area contributed by atoms with E-state index in [1.54, 1.807) is 19.9 Å². The van der Waals surface area contributed by atoms with Gasteiger partial charge in [-0.2, -0.15) is 9.98 Å². The summed E-state index contributed by atoms with van der Waals surface area (Å²) in [5.41, 5.74) is 0. The van der Waals surface area contributed by atoms with Crippen molar-refractivity contribution >= 4 is 16.0 Å². The molecule has 0 aliphatic carbocycles. The maximum atomic E-state index is 11.5. The summed E-state index contributed by atoms with van der Waals surface area (Å²) in [5, 5.41) is 16.1. The fraction of sp³-hybridized carbons (Fsp3) is 0.778. The number of carbonyl (C=O) groups is 1. The number of nitrogens with zero attached hydrogens (tertiary/aromatic N) is 1. The third-order valence-electron chi connectivity index (χ3n) is 2.42. The lowest BCUT2D eigenvalue weighted by Gasteiger charge is -2.20. The molecule has 0 aromatic carbocycles. The smallest absolute Gasteiger partial charge is 0.322 e. The van der Waals surface area contributed by atoms with Gasteiger partial charge in [0.2, 0.25) is 10.0 Å². The molecule has 0 saturated carbocycles. The van der Waals surface area contributed by atoms with Crippen LogP contribution in [0.15, 0.2) is 0 Å². The van der Waals surface area contributed by atoms with Crippen LogP contribution in [0.25, 0.3) is 0 Å². The van der Waals surface area contributed by atoms with Gasteiger partial charge in [-0.1, -0.05) is 20.3 Å². The van der Waals surface area contributed by atoms with Crippen LogP contribution in [0, 0.1) is 17.2 Å². The van der Waals surface area contributed by atoms with Crippen molar-refractivity contribution < 1.29 is 18.3 Å². The molecule has 6 nitrogen and oxygen atoms in total. The average Bonchev–Trinajstić information content (AvgIpc) is 2.23. The molecule has 0 heterocycles. The second-order valence-electron chi connectivity index (χ2n) is 3.64. The predicted molar refractivity (Wildman–Crippen MR) is 58.0 cm³/mol. The number of nitriles is 1. The van der Waals surface area contributed by atoms with Crippen molar-refractivity contribution in [3.8, 4) is 6.07 Å². The lowest BCUT2D eigenvalue weighted by molar-refractivity contribution is -0.140. The molecular formula is C9H16N2O4S. The molecule has 0 aromatic rings. The minimum Gasteiger partial charge on any atom is -0.480 e. The molecule has 0 aromatic heterocycles. The molecule has 7 heteroatoms. The summed E-state index contributed by atoms with van der Waals surface area (Å²) >= 11 is 0. The van der Waals surface area contributed by atoms with Crippen molar-refractivity contribution in [1.82, 2.24) is 4.72 Å². The van der Waals surface area contributed by atoms with E-state index in [4.69, 9.17) is 10.4 Å². The largest absolute Gasteiger partial charge is 0.480 e. The first-order valence-corrected chi connectivity index (χ1v) is 6.44. The quantitative estimate of drug-likeness (QED) is 0.703. The highest BCUT2D eigenvalue weighted by molar-refractivity contribution is 7.90. The van der Waals surface area contributed by atoms with Gasteiger partial charge in [0.05, 0.1) is 6.07 Å². The van der Waals surface area contributed by atoms with Gasteiger partial charge in [-0.3, -0.25) is 4.79 Å². The molecular weight excluding hydrogens is 232 g/mol. The van der Waals surface area contributed by atoms with Crippen molar-refractivity contribution in [1.29, 1.82) is 5.26 Å². The number of nitrogens with one attached hydrogen (secondary N) is 1. The van der Waals surface area contributed by atoms with Crippen molar-refractivity contribution in [3.63, 3.8) is 0 Å². The Morgan fingerprint density at radius 1 is 1.50 bits per heavy atom. The van der Waals surface area contributed by atoms with Crippen LogP contribution in [-0.2, 0) is 14.8 Å². The molecule has 92 valence electrons. The van der Waals surface area contributed by atoms with Gasteiger partial charge >= 0.3 is 5.97 Å². The van der Waals surface area contributed by atoms with Crippen LogP contribution in [0.5, 0.6) is 0 Å². The lowest BCUT2D eigenvalue weighted by Crippen LogP contribution is -2.47. The standard InChI is InChI=1S/C9H16N2O4S/c1-4-6(2)8(9(12)13)11-16(14,15)7(3)5-10/h6-8,11H,4H2,1-3H3,(H,12,13). The topological polar surface area (TPSA) is 107 Å². The first kappa shape index (κ1) is 14.9. The molecule has 0 amide bonds. The van der Waals surface area contributed by atoms with Gasteiger partial charge < -0.3 is 5.11 Å². The highest BCUT2D eigenvalue weighted by Gasteiger charge is 2.31. The van der Waals surface area contributed by atoms with Gasteiger partial charge in [-0.05, 0) is 12.8 Å². The predicted octanol–water partition coefficient (Wildman–Crippen LogP) is 0.317. The molecule has 2 N–H and O–H groups in total. The Morgan fingerprint density at radius 3 is 2.31 bits per heavy atom. The minimum absolute atomic E-state index is 0.335. The van der Waals surface area contributed by atoms with E-state index in [2.05, 4.69) is 0 Å². The van der Waals surface area contributed by atoms with Crippen LogP contribution in [0.2, 0.25) is 0 Å². The van der Waals surface area contributed by atoms with Gasteiger partial charge in [-0.15, -0.1) is 0 Å². The second-order valence-corrected chi connectivity index (χ2v) is 5.67. The first-order valence-electron chi connectivity index (χ1n) is 4.89. The third kappa shape index (κ3) is 3.79. The first-order chi connectivity index (χ1) is 7.26. The molecule has 3 unspecified atom stereocenters. The van der Waals surface area contributed by atoms with E-state index in [1.807, 2.05) is 4.72 Å². The summed E-state index contributed by atoms with van der Waals surface area (Å²) in [6.45, 7) is 4.61. The average molecular weight is 248 g/mol. The Balaban J connectivity index is 4.92. The van der Waals surface area contributed by atoms with Crippen LogP contribution in [-0.4, -0.2) is 30.8 Å². The van der Waals surface area contributed by atoms with Gasteiger partial charge in [0.15, 0.2) is 5.25 Å². The summed E-state index contributed by atoms with van der Waals surface area (Å²) in [4.78, 5) is 10.9. The summed E-state index contributed by atoms with van der Waals surface area (Å²) < 4.78 is 25.0. The van der Waals surface area contributed by atoms with Gasteiger partial charge in [0.25, 0.3) is 0 Å². The lowest BCUT2D eigenvalue weighted by atomic mass is 10.0. The van der Waals surface area contributed by atoms with E-state index in [0.29, 0.717) is 6.42 Å². The van der Waals surface area contributed by atoms with Crippen molar-refractivity contribution in [2.45, 2.75) is 38.5 Å². The zero-order valence-corrected chi connectivity index (χ0v) is 10.3. The Kier molecular flexibility index (Phi) is 5.41. The van der Waals surface area contributed by atoms with E-state index in [-0.39, 0.29) is 5.92 Å². The second kappa shape index (κ2) is 5.82. The number of hydrogen-bond acceptors (Lipinski definition) is 4. The van der Waals surface area contributed by atoms with Crippen molar-refractivity contribution in [3.05, 3.63) is 0 Å². The van der Waals surface area contributed by atoms with Crippen molar-refractivity contribution in [2.75, 3.05) is 0 Å². The third-order valence-corrected chi connectivity index (χ3v) is 4.04. The summed E-state index contributed by atoms with van der Waals surface area (Å²) in [6, 6.07) is 0.374. The van der Waals surface area contributed by atoms with E-state index in [9.17, 15) is 13.2 Å². The minimum atomic E-state index is -3.90. The highest BCUT2D eigenvalue weighted by Crippen LogP contribution is 2.10. The molecule has 0 fully saturated rings. The molecule has 3 atom stereocenters. The normalized spacial score (nSPS) is 17.1. The molecule has 0 saturated heterocycles. The summed E-state index contributed by atoms with van der Waals surface area (Å²) in [7, 11) is -3.90. The fourth-order valence-corrected chi connectivity index (χ4v) is 2.02. The molecule has 0 spiro atoms. The Hall–Kier alpha value is -1.13. The van der Waals surface area contributed by atoms with Gasteiger partial charge in [0.1, 0.15) is 6.04 Å². The maximum absolute atomic E-state index is 11.5. The van der Waals surface area contributed by atoms with E-state index in [0.717, 1.165) is 0 Å². The number of sulfonamides is 1. The Labute approximate surface area is 95.3 Å². The molecule has 0 radical (unpaired) electrons. The number of rotatable bonds is 6. The number of aliphatic carboxylic acids is 1. The zero-order valence-electron chi connectivity index (χ0n) is 9.47. The summed E-state index contributed by atoms with van der Waals surface area (Å²) in [5.74, 6) is -1.57. The Bertz CT molecular complexity index is 385. The van der Waals surface area contributed by atoms with Gasteiger partial charge in [0, 0.05) is 0 Å². The Morgan fingerprint density at radius 2 is 2.00 bits per heavy atom. The molecule has 0 aliphatic rings. The molecule has 0 rings (SSSR count). The molecule has 0 aliphatic heterocycles. The van der Waals surface area contributed by atoms with Crippen LogP contribution in [0.3, 0.4) is 0 Å². The highest BCUT2D eigenvalue weighted by atomic mass is 32.2. The van der Waals surface area contributed by atoms with E-state index >= 15 is 0 Å². The monoisotopic (exact) mass is 248 g/mol. The van der Waals surface area contributed by atoms with Gasteiger partial charge in [-0.25, -0.2) is 8.42 Å². The maximum Gasteiger partial charge on any atom is 0.322 e. The molecule has 0 bridgehead atoms. The van der Waals surface area contributed by atoms with Crippen molar-refractivity contribution in [2.24, 2.45) is 5.92 Å².